The molecule has 26 heavy (non-hydrogen) atoms. The van der Waals surface area contributed by atoms with E-state index in [0.29, 0.717) is 24.7 Å². The highest BCUT2D eigenvalue weighted by molar-refractivity contribution is 7.86. The van der Waals surface area contributed by atoms with Gasteiger partial charge in [0.15, 0.2) is 0 Å². The summed E-state index contributed by atoms with van der Waals surface area (Å²) in [6, 6.07) is 0. The minimum absolute atomic E-state index is 0.480. The predicted molar refractivity (Wildman–Crippen MR) is 112 cm³/mol. The average molecular weight is 389 g/mol. The van der Waals surface area contributed by atoms with Crippen LogP contribution in [0.25, 0.3) is 0 Å². The molecular formula is C22H44O3S. The maximum Gasteiger partial charge on any atom is 0.267 e. The summed E-state index contributed by atoms with van der Waals surface area (Å²) in [7, 11) is -3.91. The van der Waals surface area contributed by atoms with Gasteiger partial charge in [-0.2, -0.15) is 8.42 Å². The maximum atomic E-state index is 11.9. The van der Waals surface area contributed by atoms with Gasteiger partial charge in [-0.15, -0.1) is 0 Å². The highest BCUT2D eigenvalue weighted by Crippen LogP contribution is 2.34. The molecule has 0 aliphatic heterocycles. The molecule has 0 bridgehead atoms. The van der Waals surface area contributed by atoms with Crippen LogP contribution >= 0.6 is 0 Å². The molecule has 1 N–H and O–H groups in total. The largest absolute Gasteiger partial charge is 0.285 e. The summed E-state index contributed by atoms with van der Waals surface area (Å²) in [6.07, 6.45) is 19.8. The maximum absolute atomic E-state index is 11.9. The normalized spacial score (nSPS) is 25.0. The van der Waals surface area contributed by atoms with Crippen LogP contribution in [0, 0.1) is 11.8 Å². The zero-order valence-corrected chi connectivity index (χ0v) is 18.2. The van der Waals surface area contributed by atoms with Gasteiger partial charge in [-0.25, -0.2) is 0 Å². The molecule has 0 heterocycles. The molecule has 4 heteroatoms. The molecule has 3 nitrogen and oxygen atoms in total. The highest BCUT2D eigenvalue weighted by atomic mass is 32.2. The summed E-state index contributed by atoms with van der Waals surface area (Å²) in [5.74, 6) is 0.961. The Morgan fingerprint density at radius 1 is 0.731 bits per heavy atom. The number of unbranched alkanes of at least 4 members (excludes halogenated alkanes) is 8. The number of hydrogen-bond donors (Lipinski definition) is 1. The first-order chi connectivity index (χ1) is 12.5. The summed E-state index contributed by atoms with van der Waals surface area (Å²) in [6.45, 7) is 4.45. The van der Waals surface area contributed by atoms with Gasteiger partial charge >= 0.3 is 0 Å². The van der Waals surface area contributed by atoms with Crippen molar-refractivity contribution in [1.29, 1.82) is 0 Å². The highest BCUT2D eigenvalue weighted by Gasteiger charge is 2.31. The lowest BCUT2D eigenvalue weighted by molar-refractivity contribution is 0.280. The van der Waals surface area contributed by atoms with E-state index in [4.69, 9.17) is 0 Å². The SMILES string of the molecule is CCCCCCCCC1CCCC(CCCCCC)CC(S(=O)(=O)O)C1. The van der Waals surface area contributed by atoms with Gasteiger partial charge in [-0.3, -0.25) is 4.55 Å². The Hall–Kier alpha value is -0.0900. The van der Waals surface area contributed by atoms with Crippen molar-refractivity contribution in [2.24, 2.45) is 11.8 Å². The molecule has 0 saturated heterocycles. The lowest BCUT2D eigenvalue weighted by Gasteiger charge is -2.29. The Kier molecular flexibility index (Phi) is 12.9. The molecule has 1 rings (SSSR count). The van der Waals surface area contributed by atoms with Gasteiger partial charge in [0.2, 0.25) is 0 Å². The molecule has 3 unspecified atom stereocenters. The van der Waals surface area contributed by atoms with Crippen LogP contribution in [0.15, 0.2) is 0 Å². The van der Waals surface area contributed by atoms with Gasteiger partial charge in [0.05, 0.1) is 5.25 Å². The molecule has 0 spiro atoms. The summed E-state index contributed by atoms with van der Waals surface area (Å²) in [5.41, 5.74) is 0. The second-order valence-corrected chi connectivity index (χ2v) is 10.4. The van der Waals surface area contributed by atoms with Crippen LogP contribution in [-0.2, 0) is 10.1 Å². The second-order valence-electron chi connectivity index (χ2n) is 8.68. The van der Waals surface area contributed by atoms with Gasteiger partial charge in [0.1, 0.15) is 0 Å². The quantitative estimate of drug-likeness (QED) is 0.269. The summed E-state index contributed by atoms with van der Waals surface area (Å²) in [5, 5.41) is -0.524. The third-order valence-electron chi connectivity index (χ3n) is 6.27. The average Bonchev–Trinajstić information content (AvgIpc) is 2.56. The van der Waals surface area contributed by atoms with Crippen molar-refractivity contribution < 1.29 is 13.0 Å². The van der Waals surface area contributed by atoms with Crippen molar-refractivity contribution in [2.75, 3.05) is 0 Å². The van der Waals surface area contributed by atoms with Crippen LogP contribution in [0.5, 0.6) is 0 Å². The standard InChI is InChI=1S/C22H44O3S/c1-3-5-7-9-10-12-15-21-17-13-16-20(14-11-8-6-4-2)18-22(19-21)26(23,24)25/h20-22H,3-19H2,1-2H3,(H,23,24,25). The molecule has 156 valence electrons. The minimum Gasteiger partial charge on any atom is -0.285 e. The molecule has 1 aliphatic rings. The third-order valence-corrected chi connectivity index (χ3v) is 7.50. The van der Waals surface area contributed by atoms with E-state index in [1.807, 2.05) is 0 Å². The van der Waals surface area contributed by atoms with E-state index < -0.39 is 15.4 Å². The lowest BCUT2D eigenvalue weighted by Crippen LogP contribution is -2.28. The summed E-state index contributed by atoms with van der Waals surface area (Å²) in [4.78, 5) is 0. The van der Waals surface area contributed by atoms with Crippen molar-refractivity contribution in [3.63, 3.8) is 0 Å². The molecular weight excluding hydrogens is 344 g/mol. The van der Waals surface area contributed by atoms with Crippen molar-refractivity contribution in [3.8, 4) is 0 Å². The zero-order valence-electron chi connectivity index (χ0n) is 17.4. The first kappa shape index (κ1) is 23.9. The Bertz CT molecular complexity index is 433. The minimum atomic E-state index is -3.91. The third kappa shape index (κ3) is 10.9. The monoisotopic (exact) mass is 388 g/mol. The summed E-state index contributed by atoms with van der Waals surface area (Å²) < 4.78 is 33.6. The molecule has 0 aromatic carbocycles. The molecule has 0 amide bonds. The van der Waals surface area contributed by atoms with Gasteiger partial charge < -0.3 is 0 Å². The molecule has 3 atom stereocenters. The van der Waals surface area contributed by atoms with Gasteiger partial charge in [-0.1, -0.05) is 110 Å². The van der Waals surface area contributed by atoms with Crippen LogP contribution in [-0.4, -0.2) is 18.2 Å². The number of hydrogen-bond acceptors (Lipinski definition) is 2. The Labute approximate surface area is 163 Å². The first-order valence-electron chi connectivity index (χ1n) is 11.4. The fourth-order valence-corrected chi connectivity index (χ4v) is 5.64. The van der Waals surface area contributed by atoms with Crippen LogP contribution < -0.4 is 0 Å². The van der Waals surface area contributed by atoms with Crippen molar-refractivity contribution in [3.05, 3.63) is 0 Å². The summed E-state index contributed by atoms with van der Waals surface area (Å²) >= 11 is 0. The van der Waals surface area contributed by atoms with Crippen LogP contribution in [0.3, 0.4) is 0 Å². The van der Waals surface area contributed by atoms with E-state index in [1.54, 1.807) is 0 Å². The molecule has 0 radical (unpaired) electrons. The van der Waals surface area contributed by atoms with E-state index in [1.165, 1.54) is 70.6 Å². The van der Waals surface area contributed by atoms with Crippen LogP contribution in [0.4, 0.5) is 0 Å². The van der Waals surface area contributed by atoms with E-state index in [0.717, 1.165) is 25.7 Å². The fourth-order valence-electron chi connectivity index (χ4n) is 4.61. The van der Waals surface area contributed by atoms with E-state index in [-0.39, 0.29) is 0 Å². The van der Waals surface area contributed by atoms with E-state index in [9.17, 15) is 13.0 Å². The molecule has 0 aromatic rings. The van der Waals surface area contributed by atoms with Crippen LogP contribution in [0.1, 0.15) is 123 Å². The molecule has 1 fully saturated rings. The van der Waals surface area contributed by atoms with Crippen molar-refractivity contribution in [1.82, 2.24) is 0 Å². The zero-order chi connectivity index (χ0) is 19.3. The molecule has 0 aromatic heterocycles. The fraction of sp³-hybridized carbons (Fsp3) is 1.00. The van der Waals surface area contributed by atoms with Gasteiger partial charge in [-0.05, 0) is 24.7 Å². The van der Waals surface area contributed by atoms with Gasteiger partial charge in [0.25, 0.3) is 10.1 Å². The second kappa shape index (κ2) is 14.0. The lowest BCUT2D eigenvalue weighted by atomic mass is 9.81. The Morgan fingerprint density at radius 2 is 1.15 bits per heavy atom. The Morgan fingerprint density at radius 3 is 1.62 bits per heavy atom. The molecule has 1 aliphatic carbocycles. The van der Waals surface area contributed by atoms with Gasteiger partial charge in [0, 0.05) is 0 Å². The molecule has 1 saturated carbocycles. The van der Waals surface area contributed by atoms with Crippen molar-refractivity contribution in [2.45, 2.75) is 128 Å². The number of rotatable bonds is 13. The predicted octanol–water partition coefficient (Wildman–Crippen LogP) is 7.16. The topological polar surface area (TPSA) is 54.4 Å². The van der Waals surface area contributed by atoms with E-state index in [2.05, 4.69) is 13.8 Å². The Balaban J connectivity index is 2.44. The van der Waals surface area contributed by atoms with Crippen LogP contribution in [0.2, 0.25) is 0 Å². The van der Waals surface area contributed by atoms with Crippen molar-refractivity contribution >= 4 is 10.1 Å². The first-order valence-corrected chi connectivity index (χ1v) is 12.9. The smallest absolute Gasteiger partial charge is 0.267 e. The van der Waals surface area contributed by atoms with E-state index >= 15 is 0 Å².